The molecule has 1 N–H and O–H groups in total. The molecule has 0 saturated heterocycles. The Hall–Kier alpha value is -1.60. The molecule has 0 aliphatic rings. The van der Waals surface area contributed by atoms with Crippen molar-refractivity contribution in [2.24, 2.45) is 0 Å². The summed E-state index contributed by atoms with van der Waals surface area (Å²) in [5.41, 5.74) is 2.68. The number of ketones is 1. The standard InChI is InChI=1S/C14H21N3O/c1-10(2)17(7-5-6-15)9-14(18)13-8-11(3)16-12(13)4/h8,10,16H,5,7,9H2,1-4H3. The SMILES string of the molecule is Cc1cc(C(=O)CN(CCC#N)C(C)C)c(C)[nH]1. The Morgan fingerprint density at radius 2 is 2.17 bits per heavy atom. The lowest BCUT2D eigenvalue weighted by Gasteiger charge is -2.24. The third kappa shape index (κ3) is 3.71. The topological polar surface area (TPSA) is 59.9 Å². The fourth-order valence-electron chi connectivity index (χ4n) is 2.00. The average molecular weight is 247 g/mol. The highest BCUT2D eigenvalue weighted by atomic mass is 16.1. The molecule has 0 aliphatic carbocycles. The van der Waals surface area contributed by atoms with E-state index in [1.807, 2.05) is 38.7 Å². The molecule has 0 aliphatic heterocycles. The third-order valence-corrected chi connectivity index (χ3v) is 3.04. The number of aryl methyl sites for hydroxylation is 2. The molecule has 0 unspecified atom stereocenters. The second-order valence-electron chi connectivity index (χ2n) is 4.89. The van der Waals surface area contributed by atoms with Crippen LogP contribution in [-0.2, 0) is 0 Å². The van der Waals surface area contributed by atoms with Gasteiger partial charge in [-0.25, -0.2) is 0 Å². The van der Waals surface area contributed by atoms with E-state index in [1.54, 1.807) is 0 Å². The van der Waals surface area contributed by atoms with Crippen LogP contribution in [0.15, 0.2) is 6.07 Å². The van der Waals surface area contributed by atoms with Crippen LogP contribution in [-0.4, -0.2) is 34.8 Å². The first kappa shape index (κ1) is 14.5. The van der Waals surface area contributed by atoms with Crippen LogP contribution in [0.4, 0.5) is 0 Å². The Balaban J connectivity index is 2.72. The second-order valence-corrected chi connectivity index (χ2v) is 4.89. The highest BCUT2D eigenvalue weighted by molar-refractivity contribution is 5.98. The predicted molar refractivity (Wildman–Crippen MR) is 71.5 cm³/mol. The van der Waals surface area contributed by atoms with Gasteiger partial charge in [-0.1, -0.05) is 0 Å². The number of aromatic nitrogens is 1. The third-order valence-electron chi connectivity index (χ3n) is 3.04. The Labute approximate surface area is 109 Å². The van der Waals surface area contributed by atoms with Gasteiger partial charge in [-0.15, -0.1) is 0 Å². The van der Waals surface area contributed by atoms with Crippen molar-refractivity contribution in [2.75, 3.05) is 13.1 Å². The van der Waals surface area contributed by atoms with Gasteiger partial charge in [-0.2, -0.15) is 5.26 Å². The van der Waals surface area contributed by atoms with E-state index in [9.17, 15) is 4.79 Å². The minimum Gasteiger partial charge on any atom is -0.362 e. The number of nitrogens with zero attached hydrogens (tertiary/aromatic N) is 2. The Morgan fingerprint density at radius 1 is 1.50 bits per heavy atom. The van der Waals surface area contributed by atoms with Crippen LogP contribution < -0.4 is 0 Å². The normalized spacial score (nSPS) is 10.9. The van der Waals surface area contributed by atoms with Crippen LogP contribution >= 0.6 is 0 Å². The number of hydrogen-bond donors (Lipinski definition) is 1. The molecule has 0 aromatic carbocycles. The zero-order valence-corrected chi connectivity index (χ0v) is 11.6. The van der Waals surface area contributed by atoms with E-state index in [4.69, 9.17) is 5.26 Å². The van der Waals surface area contributed by atoms with Crippen molar-refractivity contribution in [1.29, 1.82) is 5.26 Å². The number of nitriles is 1. The van der Waals surface area contributed by atoms with Crippen LogP contribution in [0, 0.1) is 25.2 Å². The lowest BCUT2D eigenvalue weighted by atomic mass is 10.1. The summed E-state index contributed by atoms with van der Waals surface area (Å²) in [4.78, 5) is 17.4. The number of Topliss-reactive ketones (excluding diaryl/α,β-unsaturated/α-hetero) is 1. The van der Waals surface area contributed by atoms with Crippen LogP contribution in [0.5, 0.6) is 0 Å². The molecule has 4 nitrogen and oxygen atoms in total. The number of rotatable bonds is 6. The summed E-state index contributed by atoms with van der Waals surface area (Å²) in [6.07, 6.45) is 0.455. The molecular formula is C14H21N3O. The van der Waals surface area contributed by atoms with E-state index in [0.29, 0.717) is 19.5 Å². The van der Waals surface area contributed by atoms with Crippen molar-refractivity contribution < 1.29 is 4.79 Å². The quantitative estimate of drug-likeness (QED) is 0.785. The molecule has 0 radical (unpaired) electrons. The van der Waals surface area contributed by atoms with Crippen LogP contribution in [0.3, 0.4) is 0 Å². The van der Waals surface area contributed by atoms with Gasteiger partial charge in [0.05, 0.1) is 12.6 Å². The summed E-state index contributed by atoms with van der Waals surface area (Å²) >= 11 is 0. The van der Waals surface area contributed by atoms with Gasteiger partial charge in [0.15, 0.2) is 5.78 Å². The average Bonchev–Trinajstić information content (AvgIpc) is 2.63. The molecule has 1 aromatic heterocycles. The number of H-pyrrole nitrogens is 1. The van der Waals surface area contributed by atoms with Gasteiger partial charge in [0.1, 0.15) is 0 Å². The molecule has 4 heteroatoms. The molecule has 98 valence electrons. The predicted octanol–water partition coefficient (Wildman–Crippen LogP) is 2.44. The van der Waals surface area contributed by atoms with Gasteiger partial charge in [0.2, 0.25) is 0 Å². The molecule has 0 saturated carbocycles. The lowest BCUT2D eigenvalue weighted by molar-refractivity contribution is 0.0907. The molecule has 0 atom stereocenters. The van der Waals surface area contributed by atoms with E-state index < -0.39 is 0 Å². The second kappa shape index (κ2) is 6.36. The van der Waals surface area contributed by atoms with E-state index >= 15 is 0 Å². The van der Waals surface area contributed by atoms with Gasteiger partial charge in [-0.3, -0.25) is 9.69 Å². The van der Waals surface area contributed by atoms with E-state index in [0.717, 1.165) is 17.0 Å². The minimum absolute atomic E-state index is 0.114. The lowest BCUT2D eigenvalue weighted by Crippen LogP contribution is -2.36. The monoisotopic (exact) mass is 247 g/mol. The van der Waals surface area contributed by atoms with Crippen molar-refractivity contribution >= 4 is 5.78 Å². The summed E-state index contributed by atoms with van der Waals surface area (Å²) in [6, 6.07) is 4.28. The summed E-state index contributed by atoms with van der Waals surface area (Å²) in [7, 11) is 0. The van der Waals surface area contributed by atoms with Crippen molar-refractivity contribution in [2.45, 2.75) is 40.2 Å². The molecule has 18 heavy (non-hydrogen) atoms. The van der Waals surface area contributed by atoms with Crippen molar-refractivity contribution in [3.8, 4) is 6.07 Å². The molecular weight excluding hydrogens is 226 g/mol. The minimum atomic E-state index is 0.114. The van der Waals surface area contributed by atoms with Gasteiger partial charge >= 0.3 is 0 Å². The van der Waals surface area contributed by atoms with E-state index in [2.05, 4.69) is 11.1 Å². The van der Waals surface area contributed by atoms with Gasteiger partial charge in [0.25, 0.3) is 0 Å². The largest absolute Gasteiger partial charge is 0.362 e. The molecule has 0 spiro atoms. The maximum Gasteiger partial charge on any atom is 0.178 e. The summed E-state index contributed by atoms with van der Waals surface area (Å²) in [6.45, 7) is 8.95. The number of hydrogen-bond acceptors (Lipinski definition) is 3. The zero-order chi connectivity index (χ0) is 13.7. The first-order valence-corrected chi connectivity index (χ1v) is 6.26. The van der Waals surface area contributed by atoms with Crippen LogP contribution in [0.2, 0.25) is 0 Å². The first-order valence-electron chi connectivity index (χ1n) is 6.26. The molecule has 0 fully saturated rings. The van der Waals surface area contributed by atoms with Crippen molar-refractivity contribution in [3.05, 3.63) is 23.0 Å². The highest BCUT2D eigenvalue weighted by Gasteiger charge is 2.17. The summed E-state index contributed by atoms with van der Waals surface area (Å²) < 4.78 is 0. The molecule has 0 bridgehead atoms. The summed E-state index contributed by atoms with van der Waals surface area (Å²) in [5, 5.41) is 8.63. The summed E-state index contributed by atoms with van der Waals surface area (Å²) in [5.74, 6) is 0.114. The van der Waals surface area contributed by atoms with E-state index in [-0.39, 0.29) is 11.8 Å². The maximum atomic E-state index is 12.2. The fraction of sp³-hybridized carbons (Fsp3) is 0.571. The zero-order valence-electron chi connectivity index (χ0n) is 11.6. The number of carbonyl (C=O) groups excluding carboxylic acids is 1. The molecule has 1 heterocycles. The number of nitrogens with one attached hydrogen (secondary N) is 1. The van der Waals surface area contributed by atoms with Crippen LogP contribution in [0.25, 0.3) is 0 Å². The Bertz CT molecular complexity index is 454. The van der Waals surface area contributed by atoms with Crippen LogP contribution in [0.1, 0.15) is 42.0 Å². The number of aromatic amines is 1. The fourth-order valence-corrected chi connectivity index (χ4v) is 2.00. The smallest absolute Gasteiger partial charge is 0.178 e. The number of carbonyl (C=O) groups is 1. The first-order chi connectivity index (χ1) is 8.45. The maximum absolute atomic E-state index is 12.2. The molecule has 1 rings (SSSR count). The van der Waals surface area contributed by atoms with Gasteiger partial charge in [-0.05, 0) is 33.8 Å². The van der Waals surface area contributed by atoms with Crippen molar-refractivity contribution in [1.82, 2.24) is 9.88 Å². The van der Waals surface area contributed by atoms with Gasteiger partial charge < -0.3 is 4.98 Å². The molecule has 0 amide bonds. The Morgan fingerprint density at radius 3 is 2.61 bits per heavy atom. The molecule has 1 aromatic rings. The van der Waals surface area contributed by atoms with E-state index in [1.165, 1.54) is 0 Å². The van der Waals surface area contributed by atoms with Crippen molar-refractivity contribution in [3.63, 3.8) is 0 Å². The van der Waals surface area contributed by atoms with Gasteiger partial charge in [0, 0.05) is 36.0 Å². The Kier molecular flexibility index (Phi) is 5.11. The highest BCUT2D eigenvalue weighted by Crippen LogP contribution is 2.12.